The van der Waals surface area contributed by atoms with Gasteiger partial charge >= 0.3 is 0 Å². The Morgan fingerprint density at radius 1 is 1.15 bits per heavy atom. The highest BCUT2D eigenvalue weighted by atomic mass is 79.9. The number of nitrogens with zero attached hydrogens (tertiary/aromatic N) is 1. The average Bonchev–Trinajstić information content (AvgIpc) is 2.88. The van der Waals surface area contributed by atoms with Crippen LogP contribution in [0.3, 0.4) is 0 Å². The summed E-state index contributed by atoms with van der Waals surface area (Å²) in [6.45, 7) is 4.47. The molecule has 2 aliphatic rings. The SMILES string of the molecule is CC(N)c1cc(Br)ccc1N1CCC2(CCCC2)CC1. The van der Waals surface area contributed by atoms with Crippen LogP contribution in [0.2, 0.25) is 0 Å². The van der Waals surface area contributed by atoms with E-state index in [2.05, 4.69) is 46.0 Å². The van der Waals surface area contributed by atoms with Crippen molar-refractivity contribution in [3.8, 4) is 0 Å². The topological polar surface area (TPSA) is 29.3 Å². The van der Waals surface area contributed by atoms with Crippen LogP contribution in [0.5, 0.6) is 0 Å². The van der Waals surface area contributed by atoms with E-state index >= 15 is 0 Å². The molecule has 3 heteroatoms. The number of rotatable bonds is 2. The monoisotopic (exact) mass is 336 g/mol. The summed E-state index contributed by atoms with van der Waals surface area (Å²) in [4.78, 5) is 2.55. The first kappa shape index (κ1) is 14.4. The number of piperidine rings is 1. The van der Waals surface area contributed by atoms with Crippen molar-refractivity contribution >= 4 is 21.6 Å². The van der Waals surface area contributed by atoms with E-state index in [9.17, 15) is 0 Å². The lowest BCUT2D eigenvalue weighted by molar-refractivity contribution is 0.226. The van der Waals surface area contributed by atoms with Crippen molar-refractivity contribution < 1.29 is 0 Å². The molecule has 1 saturated carbocycles. The van der Waals surface area contributed by atoms with Gasteiger partial charge < -0.3 is 10.6 Å². The number of nitrogens with two attached hydrogens (primary N) is 1. The number of anilines is 1. The van der Waals surface area contributed by atoms with Gasteiger partial charge in [-0.3, -0.25) is 0 Å². The van der Waals surface area contributed by atoms with Gasteiger partial charge in [-0.05, 0) is 61.8 Å². The minimum Gasteiger partial charge on any atom is -0.371 e. The third-order valence-electron chi connectivity index (χ3n) is 5.31. The van der Waals surface area contributed by atoms with Gasteiger partial charge in [0.1, 0.15) is 0 Å². The van der Waals surface area contributed by atoms with Gasteiger partial charge in [-0.15, -0.1) is 0 Å². The summed E-state index contributed by atoms with van der Waals surface area (Å²) in [5, 5.41) is 0. The molecular weight excluding hydrogens is 312 g/mol. The van der Waals surface area contributed by atoms with E-state index in [0.29, 0.717) is 5.41 Å². The number of halogens is 1. The molecule has 1 spiro atoms. The van der Waals surface area contributed by atoms with Crippen LogP contribution in [0.1, 0.15) is 57.1 Å². The lowest BCUT2D eigenvalue weighted by Crippen LogP contribution is -2.39. The van der Waals surface area contributed by atoms with E-state index in [1.807, 2.05) is 0 Å². The number of benzene rings is 1. The van der Waals surface area contributed by atoms with Gasteiger partial charge in [0.2, 0.25) is 0 Å². The highest BCUT2D eigenvalue weighted by molar-refractivity contribution is 9.10. The maximum Gasteiger partial charge on any atom is 0.0415 e. The Morgan fingerprint density at radius 2 is 1.80 bits per heavy atom. The quantitative estimate of drug-likeness (QED) is 0.853. The highest BCUT2D eigenvalue weighted by Crippen LogP contribution is 2.47. The molecule has 0 amide bonds. The van der Waals surface area contributed by atoms with E-state index in [0.717, 1.165) is 4.47 Å². The summed E-state index contributed by atoms with van der Waals surface area (Å²) in [5.74, 6) is 0. The molecule has 2 fully saturated rings. The molecule has 1 aliphatic heterocycles. The van der Waals surface area contributed by atoms with Crippen molar-refractivity contribution in [3.05, 3.63) is 28.2 Å². The zero-order valence-corrected chi connectivity index (χ0v) is 14.0. The van der Waals surface area contributed by atoms with E-state index in [-0.39, 0.29) is 6.04 Å². The molecule has 1 atom stereocenters. The second-order valence-corrected chi connectivity index (χ2v) is 7.60. The maximum absolute atomic E-state index is 6.16. The van der Waals surface area contributed by atoms with Gasteiger partial charge in [-0.1, -0.05) is 28.8 Å². The van der Waals surface area contributed by atoms with Crippen LogP contribution >= 0.6 is 15.9 Å². The molecule has 110 valence electrons. The van der Waals surface area contributed by atoms with Crippen LogP contribution in [0.15, 0.2) is 22.7 Å². The second-order valence-electron chi connectivity index (χ2n) is 6.69. The average molecular weight is 337 g/mol. The summed E-state index contributed by atoms with van der Waals surface area (Å²) in [6, 6.07) is 6.64. The molecule has 0 bridgehead atoms. The summed E-state index contributed by atoms with van der Waals surface area (Å²) < 4.78 is 1.12. The normalized spacial score (nSPS) is 23.2. The minimum absolute atomic E-state index is 0.0878. The fourth-order valence-corrected chi connectivity index (χ4v) is 4.40. The van der Waals surface area contributed by atoms with Crippen molar-refractivity contribution in [2.24, 2.45) is 11.1 Å². The van der Waals surface area contributed by atoms with Crippen LogP contribution < -0.4 is 10.6 Å². The minimum atomic E-state index is 0.0878. The fourth-order valence-electron chi connectivity index (χ4n) is 4.03. The molecule has 20 heavy (non-hydrogen) atoms. The smallest absolute Gasteiger partial charge is 0.0415 e. The molecule has 1 unspecified atom stereocenters. The maximum atomic E-state index is 6.16. The van der Waals surface area contributed by atoms with Crippen molar-refractivity contribution in [1.82, 2.24) is 0 Å². The van der Waals surface area contributed by atoms with Gasteiger partial charge in [0.25, 0.3) is 0 Å². The summed E-state index contributed by atoms with van der Waals surface area (Å²) >= 11 is 3.56. The van der Waals surface area contributed by atoms with E-state index in [4.69, 9.17) is 5.73 Å². The Hall–Kier alpha value is -0.540. The van der Waals surface area contributed by atoms with Crippen LogP contribution in [-0.2, 0) is 0 Å². The molecule has 1 aromatic rings. The van der Waals surface area contributed by atoms with Gasteiger partial charge in [-0.2, -0.15) is 0 Å². The van der Waals surface area contributed by atoms with Crippen LogP contribution in [0, 0.1) is 5.41 Å². The molecule has 0 radical (unpaired) electrons. The van der Waals surface area contributed by atoms with Gasteiger partial charge in [-0.25, -0.2) is 0 Å². The van der Waals surface area contributed by atoms with Gasteiger partial charge in [0.15, 0.2) is 0 Å². The van der Waals surface area contributed by atoms with E-state index in [1.54, 1.807) is 0 Å². The van der Waals surface area contributed by atoms with Crippen LogP contribution in [-0.4, -0.2) is 13.1 Å². The molecule has 1 aliphatic carbocycles. The zero-order valence-electron chi connectivity index (χ0n) is 12.4. The Morgan fingerprint density at radius 3 is 2.40 bits per heavy atom. The van der Waals surface area contributed by atoms with Gasteiger partial charge in [0, 0.05) is 29.3 Å². The van der Waals surface area contributed by atoms with Crippen molar-refractivity contribution in [2.45, 2.75) is 51.5 Å². The highest BCUT2D eigenvalue weighted by Gasteiger charge is 2.37. The lowest BCUT2D eigenvalue weighted by Gasteiger charge is -2.41. The first-order chi connectivity index (χ1) is 9.60. The van der Waals surface area contributed by atoms with E-state index in [1.165, 1.54) is 62.9 Å². The summed E-state index contributed by atoms with van der Waals surface area (Å²) in [5.41, 5.74) is 9.45. The Balaban J connectivity index is 1.77. The van der Waals surface area contributed by atoms with Crippen molar-refractivity contribution in [3.63, 3.8) is 0 Å². The zero-order chi connectivity index (χ0) is 14.2. The van der Waals surface area contributed by atoms with Crippen molar-refractivity contribution in [2.75, 3.05) is 18.0 Å². The molecule has 3 rings (SSSR count). The first-order valence-electron chi connectivity index (χ1n) is 7.90. The predicted octanol–water partition coefficient (Wildman–Crippen LogP) is 4.63. The molecule has 1 saturated heterocycles. The molecule has 1 aromatic carbocycles. The Bertz CT molecular complexity index is 468. The van der Waals surface area contributed by atoms with Gasteiger partial charge in [0.05, 0.1) is 0 Å². The Kier molecular flexibility index (Phi) is 4.09. The predicted molar refractivity (Wildman–Crippen MR) is 89.1 cm³/mol. The summed E-state index contributed by atoms with van der Waals surface area (Å²) in [6.07, 6.45) is 8.54. The van der Waals surface area contributed by atoms with Crippen LogP contribution in [0.4, 0.5) is 5.69 Å². The standard InChI is InChI=1S/C17H25BrN2/c1-13(19)15-12-14(18)4-5-16(15)20-10-8-17(9-11-20)6-2-3-7-17/h4-5,12-13H,2-3,6-11,19H2,1H3. The number of hydrogen-bond donors (Lipinski definition) is 1. The molecule has 2 nitrogen and oxygen atoms in total. The largest absolute Gasteiger partial charge is 0.371 e. The fraction of sp³-hybridized carbons (Fsp3) is 0.647. The molecular formula is C17H25BrN2. The lowest BCUT2D eigenvalue weighted by atomic mass is 9.77. The molecule has 1 heterocycles. The van der Waals surface area contributed by atoms with Crippen molar-refractivity contribution in [1.29, 1.82) is 0 Å². The number of hydrogen-bond acceptors (Lipinski definition) is 2. The molecule has 0 aromatic heterocycles. The third-order valence-corrected chi connectivity index (χ3v) is 5.80. The van der Waals surface area contributed by atoms with Crippen LogP contribution in [0.25, 0.3) is 0 Å². The first-order valence-corrected chi connectivity index (χ1v) is 8.69. The molecule has 2 N–H and O–H groups in total. The third kappa shape index (κ3) is 2.75. The Labute approximate surface area is 130 Å². The summed E-state index contributed by atoms with van der Waals surface area (Å²) in [7, 11) is 0. The van der Waals surface area contributed by atoms with E-state index < -0.39 is 0 Å². The second kappa shape index (κ2) is 5.69.